The summed E-state index contributed by atoms with van der Waals surface area (Å²) in [5.74, 6) is 1.12. The van der Waals surface area contributed by atoms with Crippen LogP contribution in [0.3, 0.4) is 0 Å². The van der Waals surface area contributed by atoms with Crippen molar-refractivity contribution in [3.8, 4) is 0 Å². The van der Waals surface area contributed by atoms with Gasteiger partial charge in [-0.2, -0.15) is 0 Å². The third kappa shape index (κ3) is 2.72. The van der Waals surface area contributed by atoms with Crippen molar-refractivity contribution in [3.05, 3.63) is 95.2 Å². The lowest BCUT2D eigenvalue weighted by atomic mass is 10.1. The fraction of sp³-hybridized carbons (Fsp3) is 0.182. The first-order chi connectivity index (χ1) is 13.2. The van der Waals surface area contributed by atoms with Crippen molar-refractivity contribution in [3.63, 3.8) is 0 Å². The largest absolute Gasteiger partial charge is 0.350 e. The minimum absolute atomic E-state index is 0.0718. The first kappa shape index (κ1) is 15.9. The summed E-state index contributed by atoms with van der Waals surface area (Å²) in [6.07, 6.45) is 9.43. The summed E-state index contributed by atoms with van der Waals surface area (Å²) in [6, 6.07) is 12.6. The molecule has 1 amide bonds. The highest BCUT2D eigenvalue weighted by Gasteiger charge is 2.36. The minimum Gasteiger partial charge on any atom is -0.350 e. The highest BCUT2D eigenvalue weighted by molar-refractivity contribution is 6.03. The number of allylic oxidation sites excluding steroid dienone is 1. The molecule has 0 aliphatic carbocycles. The zero-order chi connectivity index (χ0) is 18.4. The molecule has 3 aliphatic heterocycles. The van der Waals surface area contributed by atoms with Gasteiger partial charge >= 0.3 is 0 Å². The van der Waals surface area contributed by atoms with Crippen molar-refractivity contribution >= 4 is 11.7 Å². The molecule has 2 aromatic rings. The van der Waals surface area contributed by atoms with E-state index in [9.17, 15) is 4.79 Å². The zero-order valence-electron chi connectivity index (χ0n) is 15.1. The lowest BCUT2D eigenvalue weighted by Crippen LogP contribution is -2.32. The molecule has 0 fully saturated rings. The van der Waals surface area contributed by atoms with Crippen LogP contribution in [0.1, 0.15) is 18.1 Å². The molecule has 1 aromatic carbocycles. The van der Waals surface area contributed by atoms with Gasteiger partial charge < -0.3 is 14.8 Å². The molecule has 3 aliphatic rings. The van der Waals surface area contributed by atoms with E-state index < -0.39 is 0 Å². The Morgan fingerprint density at radius 3 is 2.70 bits per heavy atom. The van der Waals surface area contributed by atoms with E-state index in [4.69, 9.17) is 4.99 Å². The summed E-state index contributed by atoms with van der Waals surface area (Å²) in [6.45, 7) is 3.82. The van der Waals surface area contributed by atoms with E-state index in [1.165, 1.54) is 5.56 Å². The second-order valence-electron chi connectivity index (χ2n) is 7.19. The maximum absolute atomic E-state index is 12.0. The van der Waals surface area contributed by atoms with Gasteiger partial charge in [-0.25, -0.2) is 4.99 Å². The molecule has 1 atom stereocenters. The standard InChI is InChI=1S/C22H20N4O/c1-15-13-26-21-18(8-9-19(27)24-20(15)21)12-23-22(26)17-6-4-16(5-7-17)14-25-10-2-3-11-25/h2-12,15H,13-14H2,1H3,(H,24,27)/t15-/m0/s1. The predicted molar refractivity (Wildman–Crippen MR) is 105 cm³/mol. The number of benzene rings is 1. The van der Waals surface area contributed by atoms with Gasteiger partial charge in [-0.3, -0.25) is 4.79 Å². The first-order valence-corrected chi connectivity index (χ1v) is 9.18. The van der Waals surface area contributed by atoms with Gasteiger partial charge in [0.15, 0.2) is 0 Å². The molecular weight excluding hydrogens is 336 g/mol. The molecule has 1 aromatic heterocycles. The molecule has 0 bridgehead atoms. The maximum atomic E-state index is 12.0. The van der Waals surface area contributed by atoms with Crippen molar-refractivity contribution in [2.75, 3.05) is 6.54 Å². The van der Waals surface area contributed by atoms with E-state index in [1.54, 1.807) is 6.08 Å². The number of aliphatic imine (C=N–C) groups is 1. The summed E-state index contributed by atoms with van der Waals surface area (Å²) in [5, 5.41) is 3.04. The van der Waals surface area contributed by atoms with Crippen molar-refractivity contribution in [1.29, 1.82) is 0 Å². The Kier molecular flexibility index (Phi) is 3.60. The van der Waals surface area contributed by atoms with Crippen molar-refractivity contribution in [1.82, 2.24) is 14.8 Å². The fourth-order valence-corrected chi connectivity index (χ4v) is 3.92. The van der Waals surface area contributed by atoms with Crippen molar-refractivity contribution in [2.24, 2.45) is 10.9 Å². The number of carbonyl (C=O) groups is 1. The lowest BCUT2D eigenvalue weighted by Gasteiger charge is -2.27. The average Bonchev–Trinajstić information content (AvgIpc) is 3.24. The van der Waals surface area contributed by atoms with Gasteiger partial charge in [0, 0.05) is 60.5 Å². The van der Waals surface area contributed by atoms with Crippen LogP contribution >= 0.6 is 0 Å². The van der Waals surface area contributed by atoms with E-state index in [2.05, 4.69) is 58.4 Å². The highest BCUT2D eigenvalue weighted by Crippen LogP contribution is 2.36. The zero-order valence-corrected chi connectivity index (χ0v) is 15.1. The Hall–Kier alpha value is -3.34. The number of rotatable bonds is 3. The van der Waals surface area contributed by atoms with Gasteiger partial charge in [-0.05, 0) is 23.8 Å². The van der Waals surface area contributed by atoms with Gasteiger partial charge in [0.1, 0.15) is 5.84 Å². The summed E-state index contributed by atoms with van der Waals surface area (Å²) in [4.78, 5) is 18.9. The molecule has 5 heteroatoms. The molecule has 1 N–H and O–H groups in total. The lowest BCUT2D eigenvalue weighted by molar-refractivity contribution is -0.115. The minimum atomic E-state index is -0.0718. The van der Waals surface area contributed by atoms with E-state index in [0.29, 0.717) is 0 Å². The number of hydrogen-bond acceptors (Lipinski definition) is 3. The molecule has 0 saturated heterocycles. The van der Waals surface area contributed by atoms with Gasteiger partial charge in [0.05, 0.1) is 5.70 Å². The normalized spacial score (nSPS) is 20.9. The second kappa shape index (κ2) is 6.13. The van der Waals surface area contributed by atoms with Gasteiger partial charge in [0.2, 0.25) is 5.91 Å². The van der Waals surface area contributed by atoms with E-state index in [0.717, 1.165) is 41.5 Å². The number of carbonyl (C=O) groups excluding carboxylic acids is 1. The highest BCUT2D eigenvalue weighted by atomic mass is 16.1. The molecule has 0 saturated carbocycles. The third-order valence-corrected chi connectivity index (χ3v) is 5.24. The monoisotopic (exact) mass is 356 g/mol. The topological polar surface area (TPSA) is 49.6 Å². The van der Waals surface area contributed by atoms with Crippen LogP contribution in [-0.2, 0) is 11.3 Å². The third-order valence-electron chi connectivity index (χ3n) is 5.24. The Labute approximate surface area is 158 Å². The number of amides is 1. The molecular formula is C22H20N4O. The summed E-state index contributed by atoms with van der Waals surface area (Å²) in [7, 11) is 0. The molecule has 5 rings (SSSR count). The first-order valence-electron chi connectivity index (χ1n) is 9.18. The van der Waals surface area contributed by atoms with Crippen LogP contribution in [0.15, 0.2) is 89.1 Å². The van der Waals surface area contributed by atoms with Crippen LogP contribution in [0.2, 0.25) is 0 Å². The SMILES string of the molecule is C[C@H]1CN2C(c3ccc(Cn4cccc4)cc3)=NC=C3C=CC(=O)NC1=C32. The van der Waals surface area contributed by atoms with Crippen LogP contribution in [0.25, 0.3) is 0 Å². The summed E-state index contributed by atoms with van der Waals surface area (Å²) < 4.78 is 2.15. The van der Waals surface area contributed by atoms with Crippen molar-refractivity contribution < 1.29 is 4.79 Å². The quantitative estimate of drug-likeness (QED) is 0.919. The average molecular weight is 356 g/mol. The van der Waals surface area contributed by atoms with E-state index in [1.807, 2.05) is 24.4 Å². The van der Waals surface area contributed by atoms with Gasteiger partial charge in [0.25, 0.3) is 0 Å². The molecule has 27 heavy (non-hydrogen) atoms. The van der Waals surface area contributed by atoms with Crippen LogP contribution in [0.5, 0.6) is 0 Å². The number of amidine groups is 1. The van der Waals surface area contributed by atoms with Crippen molar-refractivity contribution in [2.45, 2.75) is 13.5 Å². The summed E-state index contributed by atoms with van der Waals surface area (Å²) in [5.41, 5.74) is 5.39. The second-order valence-corrected chi connectivity index (χ2v) is 7.19. The number of hydrogen-bond donors (Lipinski definition) is 1. The molecule has 0 radical (unpaired) electrons. The summed E-state index contributed by atoms with van der Waals surface area (Å²) >= 11 is 0. The smallest absolute Gasteiger partial charge is 0.248 e. The van der Waals surface area contributed by atoms with Crippen LogP contribution < -0.4 is 5.32 Å². The maximum Gasteiger partial charge on any atom is 0.248 e. The predicted octanol–water partition coefficient (Wildman–Crippen LogP) is 3.03. The Balaban J connectivity index is 1.48. The van der Waals surface area contributed by atoms with Crippen LogP contribution in [0.4, 0.5) is 0 Å². The number of nitrogens with zero attached hydrogens (tertiary/aromatic N) is 3. The number of aromatic nitrogens is 1. The fourth-order valence-electron chi connectivity index (χ4n) is 3.92. The molecule has 0 unspecified atom stereocenters. The molecule has 134 valence electrons. The van der Waals surface area contributed by atoms with Crippen LogP contribution in [-0.4, -0.2) is 27.8 Å². The molecule has 0 spiro atoms. The van der Waals surface area contributed by atoms with Gasteiger partial charge in [-0.1, -0.05) is 31.2 Å². The van der Waals surface area contributed by atoms with E-state index >= 15 is 0 Å². The Morgan fingerprint density at radius 1 is 1.15 bits per heavy atom. The van der Waals surface area contributed by atoms with E-state index in [-0.39, 0.29) is 11.8 Å². The molecule has 5 nitrogen and oxygen atoms in total. The van der Waals surface area contributed by atoms with Crippen LogP contribution in [0, 0.1) is 5.92 Å². The molecule has 4 heterocycles. The Bertz CT molecular complexity index is 1020. The Morgan fingerprint density at radius 2 is 1.93 bits per heavy atom. The van der Waals surface area contributed by atoms with Gasteiger partial charge in [-0.15, -0.1) is 0 Å². The number of nitrogens with one attached hydrogen (secondary N) is 1.